The van der Waals surface area contributed by atoms with Gasteiger partial charge < -0.3 is 15.2 Å². The van der Waals surface area contributed by atoms with Gasteiger partial charge in [0.2, 0.25) is 0 Å². The van der Waals surface area contributed by atoms with Crippen LogP contribution in [0.4, 0.5) is 5.82 Å². The van der Waals surface area contributed by atoms with Crippen LogP contribution in [0, 0.1) is 0 Å². The first-order valence-corrected chi connectivity index (χ1v) is 5.64. The van der Waals surface area contributed by atoms with Gasteiger partial charge in [0.25, 0.3) is 0 Å². The molecule has 0 aliphatic heterocycles. The monoisotopic (exact) mass is 244 g/mol. The van der Waals surface area contributed by atoms with Crippen LogP contribution < -0.4 is 10.5 Å². The summed E-state index contributed by atoms with van der Waals surface area (Å²) in [5.74, 6) is 1.29. The minimum atomic E-state index is 0.415. The zero-order chi connectivity index (χ0) is 13.0. The van der Waals surface area contributed by atoms with E-state index in [2.05, 4.69) is 4.98 Å². The molecule has 1 aromatic carbocycles. The number of para-hydroxylation sites is 1. The first kappa shape index (κ1) is 12.4. The molecule has 4 nitrogen and oxygen atoms in total. The van der Waals surface area contributed by atoms with Crippen LogP contribution in [0.2, 0.25) is 0 Å². The van der Waals surface area contributed by atoms with Crippen molar-refractivity contribution < 1.29 is 9.47 Å². The van der Waals surface area contributed by atoms with E-state index in [1.165, 1.54) is 0 Å². The molecule has 0 radical (unpaired) electrons. The summed E-state index contributed by atoms with van der Waals surface area (Å²) >= 11 is 0. The van der Waals surface area contributed by atoms with Crippen LogP contribution in [-0.4, -0.2) is 19.2 Å². The maximum atomic E-state index is 5.71. The Balaban J connectivity index is 2.55. The first-order chi connectivity index (χ1) is 8.76. The summed E-state index contributed by atoms with van der Waals surface area (Å²) < 4.78 is 10.5. The normalized spacial score (nSPS) is 10.3. The van der Waals surface area contributed by atoms with E-state index >= 15 is 0 Å². The lowest BCUT2D eigenvalue weighted by molar-refractivity contribution is 0.182. The summed E-state index contributed by atoms with van der Waals surface area (Å²) in [7, 11) is 3.29. The number of anilines is 1. The number of methoxy groups -OCH3 is 2. The van der Waals surface area contributed by atoms with Crippen LogP contribution >= 0.6 is 0 Å². The van der Waals surface area contributed by atoms with Gasteiger partial charge >= 0.3 is 0 Å². The summed E-state index contributed by atoms with van der Waals surface area (Å²) in [6.45, 7) is 0.415. The molecule has 0 saturated carbocycles. The van der Waals surface area contributed by atoms with Crippen LogP contribution in [0.15, 0.2) is 36.4 Å². The van der Waals surface area contributed by atoms with Gasteiger partial charge in [-0.2, -0.15) is 0 Å². The number of nitrogens with two attached hydrogens (primary N) is 1. The Labute approximate surface area is 106 Å². The van der Waals surface area contributed by atoms with E-state index in [-0.39, 0.29) is 0 Å². The lowest BCUT2D eigenvalue weighted by atomic mass is 10.0. The number of benzene rings is 1. The van der Waals surface area contributed by atoms with Crippen molar-refractivity contribution in [2.75, 3.05) is 20.0 Å². The minimum absolute atomic E-state index is 0.415. The number of nitrogen functional groups attached to an aromatic ring is 1. The number of ether oxygens (including phenoxy) is 2. The maximum absolute atomic E-state index is 5.71. The fraction of sp³-hybridized carbons (Fsp3) is 0.214. The van der Waals surface area contributed by atoms with Gasteiger partial charge in [0.15, 0.2) is 0 Å². The Kier molecular flexibility index (Phi) is 3.79. The Morgan fingerprint density at radius 1 is 1.06 bits per heavy atom. The van der Waals surface area contributed by atoms with Gasteiger partial charge in [-0.05, 0) is 18.2 Å². The minimum Gasteiger partial charge on any atom is -0.496 e. The molecule has 2 N–H and O–H groups in total. The number of aromatic nitrogens is 1. The quantitative estimate of drug-likeness (QED) is 0.897. The highest BCUT2D eigenvalue weighted by Crippen LogP contribution is 2.32. The Morgan fingerprint density at radius 3 is 2.56 bits per heavy atom. The average Bonchev–Trinajstić information content (AvgIpc) is 2.39. The van der Waals surface area contributed by atoms with Crippen LogP contribution in [0.5, 0.6) is 5.75 Å². The number of rotatable bonds is 4. The molecule has 94 valence electrons. The highest BCUT2D eigenvalue weighted by molar-refractivity contribution is 5.73. The van der Waals surface area contributed by atoms with E-state index in [1.54, 1.807) is 20.3 Å². The molecule has 0 unspecified atom stereocenters. The summed E-state index contributed by atoms with van der Waals surface area (Å²) in [6.07, 6.45) is 0. The van der Waals surface area contributed by atoms with E-state index in [9.17, 15) is 0 Å². The molecule has 0 saturated heterocycles. The Morgan fingerprint density at radius 2 is 1.83 bits per heavy atom. The van der Waals surface area contributed by atoms with Crippen molar-refractivity contribution in [3.8, 4) is 16.9 Å². The van der Waals surface area contributed by atoms with Gasteiger partial charge in [0, 0.05) is 18.2 Å². The number of hydrogen-bond acceptors (Lipinski definition) is 4. The molecule has 0 bridgehead atoms. The summed E-state index contributed by atoms with van der Waals surface area (Å²) in [6, 6.07) is 11.5. The molecule has 0 fully saturated rings. The molecule has 1 aromatic heterocycles. The van der Waals surface area contributed by atoms with Crippen LogP contribution in [-0.2, 0) is 11.3 Å². The van der Waals surface area contributed by atoms with Crippen molar-refractivity contribution in [1.82, 2.24) is 4.98 Å². The molecule has 0 spiro atoms. The molecule has 4 heteroatoms. The number of pyridine rings is 1. The molecule has 0 aliphatic rings. The first-order valence-electron chi connectivity index (χ1n) is 5.64. The van der Waals surface area contributed by atoms with Crippen molar-refractivity contribution in [2.45, 2.75) is 6.61 Å². The van der Waals surface area contributed by atoms with Crippen LogP contribution in [0.1, 0.15) is 5.69 Å². The van der Waals surface area contributed by atoms with Gasteiger partial charge in [-0.15, -0.1) is 0 Å². The molecule has 2 aromatic rings. The second-order valence-corrected chi connectivity index (χ2v) is 3.86. The number of nitrogens with zero attached hydrogens (tertiary/aromatic N) is 1. The second kappa shape index (κ2) is 5.51. The average molecular weight is 244 g/mol. The summed E-state index contributed by atoms with van der Waals surface area (Å²) in [5.41, 5.74) is 8.48. The highest BCUT2D eigenvalue weighted by Gasteiger charge is 2.11. The van der Waals surface area contributed by atoms with E-state index in [0.29, 0.717) is 12.4 Å². The molecule has 0 amide bonds. The topological polar surface area (TPSA) is 57.4 Å². The molecule has 0 aliphatic carbocycles. The molecular weight excluding hydrogens is 228 g/mol. The summed E-state index contributed by atoms with van der Waals surface area (Å²) in [4.78, 5) is 4.31. The van der Waals surface area contributed by atoms with Crippen molar-refractivity contribution in [3.63, 3.8) is 0 Å². The van der Waals surface area contributed by atoms with Crippen molar-refractivity contribution in [2.24, 2.45) is 0 Å². The molecule has 18 heavy (non-hydrogen) atoms. The van der Waals surface area contributed by atoms with E-state index < -0.39 is 0 Å². The third-order valence-electron chi connectivity index (χ3n) is 2.67. The predicted octanol–water partition coefficient (Wildman–Crippen LogP) is 2.49. The standard InChI is InChI=1S/C14H16N2O2/c1-17-9-12-10(7-8-14(15)16-12)11-5-3-4-6-13(11)18-2/h3-8H,9H2,1-2H3,(H2,15,16). The van der Waals surface area contributed by atoms with Gasteiger partial charge in [-0.1, -0.05) is 18.2 Å². The molecular formula is C14H16N2O2. The third kappa shape index (κ3) is 2.43. The van der Waals surface area contributed by atoms with Crippen molar-refractivity contribution in [1.29, 1.82) is 0 Å². The number of hydrogen-bond donors (Lipinski definition) is 1. The van der Waals surface area contributed by atoms with Crippen LogP contribution in [0.25, 0.3) is 11.1 Å². The lowest BCUT2D eigenvalue weighted by Crippen LogP contribution is -2.00. The largest absolute Gasteiger partial charge is 0.496 e. The molecule has 0 atom stereocenters. The van der Waals surface area contributed by atoms with Gasteiger partial charge in [-0.25, -0.2) is 4.98 Å². The van der Waals surface area contributed by atoms with Gasteiger partial charge in [-0.3, -0.25) is 0 Å². The zero-order valence-electron chi connectivity index (χ0n) is 10.5. The fourth-order valence-electron chi connectivity index (χ4n) is 1.88. The van der Waals surface area contributed by atoms with E-state index in [0.717, 1.165) is 22.6 Å². The molecule has 1 heterocycles. The lowest BCUT2D eigenvalue weighted by Gasteiger charge is -2.12. The predicted molar refractivity (Wildman–Crippen MR) is 71.4 cm³/mol. The fourth-order valence-corrected chi connectivity index (χ4v) is 1.88. The molecule has 2 rings (SSSR count). The van der Waals surface area contributed by atoms with Gasteiger partial charge in [0.1, 0.15) is 11.6 Å². The van der Waals surface area contributed by atoms with E-state index in [1.807, 2.05) is 30.3 Å². The van der Waals surface area contributed by atoms with Crippen molar-refractivity contribution >= 4 is 5.82 Å². The second-order valence-electron chi connectivity index (χ2n) is 3.86. The third-order valence-corrected chi connectivity index (χ3v) is 2.67. The smallest absolute Gasteiger partial charge is 0.126 e. The SMILES string of the molecule is COCc1nc(N)ccc1-c1ccccc1OC. The summed E-state index contributed by atoms with van der Waals surface area (Å²) in [5, 5.41) is 0. The van der Waals surface area contributed by atoms with E-state index in [4.69, 9.17) is 15.2 Å². The Hall–Kier alpha value is -2.07. The highest BCUT2D eigenvalue weighted by atomic mass is 16.5. The zero-order valence-corrected chi connectivity index (χ0v) is 10.5. The van der Waals surface area contributed by atoms with Crippen LogP contribution in [0.3, 0.4) is 0 Å². The Bertz CT molecular complexity index is 541. The van der Waals surface area contributed by atoms with Crippen molar-refractivity contribution in [3.05, 3.63) is 42.1 Å². The maximum Gasteiger partial charge on any atom is 0.126 e. The van der Waals surface area contributed by atoms with Gasteiger partial charge in [0.05, 0.1) is 19.4 Å².